The minimum atomic E-state index is -0.650. The number of amides is 1. The highest BCUT2D eigenvalue weighted by Gasteiger charge is 2.29. The molecule has 4 aromatic rings. The van der Waals surface area contributed by atoms with Gasteiger partial charge < -0.3 is 19.5 Å². The number of nitrogens with zero attached hydrogens (tertiary/aromatic N) is 3. The number of fused-ring (bicyclic) bond motifs is 2. The number of carbonyl (C=O) groups excluding carboxylic acids is 2. The Kier molecular flexibility index (Phi) is 5.71. The quantitative estimate of drug-likeness (QED) is 0.474. The van der Waals surface area contributed by atoms with Crippen LogP contribution in [0.4, 0.5) is 5.69 Å². The van der Waals surface area contributed by atoms with Crippen molar-refractivity contribution in [2.45, 2.75) is 6.92 Å². The van der Waals surface area contributed by atoms with Crippen molar-refractivity contribution in [1.29, 1.82) is 0 Å². The van der Waals surface area contributed by atoms with E-state index in [9.17, 15) is 14.4 Å². The zero-order valence-electron chi connectivity index (χ0n) is 18.8. The van der Waals surface area contributed by atoms with E-state index in [0.717, 1.165) is 16.2 Å². The second-order valence-corrected chi connectivity index (χ2v) is 8.10. The number of esters is 1. The number of rotatable bonds is 4. The molecule has 8 heteroatoms. The van der Waals surface area contributed by atoms with Gasteiger partial charge in [0.15, 0.2) is 0 Å². The van der Waals surface area contributed by atoms with Crippen LogP contribution < -0.4 is 10.5 Å². The van der Waals surface area contributed by atoms with Gasteiger partial charge in [0.25, 0.3) is 11.5 Å². The number of nitrogens with one attached hydrogen (secondary N) is 1. The number of aromatic nitrogens is 2. The number of para-hydroxylation sites is 1. The highest BCUT2D eigenvalue weighted by atomic mass is 16.5. The number of hydrogen-bond donors (Lipinski definition) is 1. The van der Waals surface area contributed by atoms with Crippen LogP contribution in [0.3, 0.4) is 0 Å². The van der Waals surface area contributed by atoms with Crippen molar-refractivity contribution >= 4 is 39.2 Å². The maximum atomic E-state index is 13.3. The number of piperazine rings is 1. The van der Waals surface area contributed by atoms with Gasteiger partial charge in [-0.05, 0) is 24.4 Å². The van der Waals surface area contributed by atoms with Crippen LogP contribution in [0.5, 0.6) is 0 Å². The lowest BCUT2D eigenvalue weighted by Crippen LogP contribution is -2.49. The fourth-order valence-corrected chi connectivity index (χ4v) is 4.52. The summed E-state index contributed by atoms with van der Waals surface area (Å²) in [6.07, 6.45) is 1.65. The topological polar surface area (TPSA) is 95.6 Å². The predicted octanol–water partition coefficient (Wildman–Crippen LogP) is 3.22. The van der Waals surface area contributed by atoms with E-state index in [4.69, 9.17) is 4.74 Å². The first-order chi connectivity index (χ1) is 16.6. The first kappa shape index (κ1) is 21.6. The molecule has 1 aliphatic rings. The molecule has 1 N–H and O–H groups in total. The van der Waals surface area contributed by atoms with Gasteiger partial charge in [-0.25, -0.2) is 4.79 Å². The van der Waals surface area contributed by atoms with Gasteiger partial charge in [-0.2, -0.15) is 0 Å². The zero-order valence-corrected chi connectivity index (χ0v) is 18.8. The van der Waals surface area contributed by atoms with Gasteiger partial charge in [-0.3, -0.25) is 14.6 Å². The summed E-state index contributed by atoms with van der Waals surface area (Å²) in [6.45, 7) is 3.69. The van der Waals surface area contributed by atoms with Crippen molar-refractivity contribution in [3.63, 3.8) is 0 Å². The molecular formula is C26H24N4O4. The van der Waals surface area contributed by atoms with Gasteiger partial charge in [-0.15, -0.1) is 0 Å². The third kappa shape index (κ3) is 3.77. The van der Waals surface area contributed by atoms with Crippen molar-refractivity contribution in [2.24, 2.45) is 0 Å². The molecule has 0 radical (unpaired) electrons. The van der Waals surface area contributed by atoms with Crippen LogP contribution in [0.1, 0.15) is 27.8 Å². The molecule has 2 aromatic heterocycles. The van der Waals surface area contributed by atoms with Crippen molar-refractivity contribution < 1.29 is 14.3 Å². The van der Waals surface area contributed by atoms with E-state index in [1.165, 1.54) is 0 Å². The summed E-state index contributed by atoms with van der Waals surface area (Å²) in [5.41, 5.74) is 1.14. The molecule has 1 saturated heterocycles. The van der Waals surface area contributed by atoms with E-state index in [1.54, 1.807) is 24.1 Å². The summed E-state index contributed by atoms with van der Waals surface area (Å²) < 4.78 is 5.19. The molecule has 8 nitrogen and oxygen atoms in total. The molecule has 0 atom stereocenters. The summed E-state index contributed by atoms with van der Waals surface area (Å²) in [7, 11) is 0. The fourth-order valence-electron chi connectivity index (χ4n) is 4.52. The van der Waals surface area contributed by atoms with Gasteiger partial charge in [0, 0.05) is 43.1 Å². The summed E-state index contributed by atoms with van der Waals surface area (Å²) in [6, 6.07) is 17.0. The lowest BCUT2D eigenvalue weighted by molar-refractivity contribution is 0.0524. The Hall–Kier alpha value is -4.20. The monoisotopic (exact) mass is 456 g/mol. The number of H-pyrrole nitrogens is 1. The van der Waals surface area contributed by atoms with Crippen LogP contribution in [0, 0.1) is 0 Å². The van der Waals surface area contributed by atoms with Crippen LogP contribution >= 0.6 is 0 Å². The van der Waals surface area contributed by atoms with E-state index >= 15 is 0 Å². The van der Waals surface area contributed by atoms with Gasteiger partial charge in [0.2, 0.25) is 0 Å². The highest BCUT2D eigenvalue weighted by molar-refractivity contribution is 6.06. The van der Waals surface area contributed by atoms with E-state index in [-0.39, 0.29) is 18.1 Å². The normalized spacial score (nSPS) is 13.9. The third-order valence-corrected chi connectivity index (χ3v) is 6.13. The second-order valence-electron chi connectivity index (χ2n) is 8.10. The van der Waals surface area contributed by atoms with Gasteiger partial charge >= 0.3 is 5.97 Å². The van der Waals surface area contributed by atoms with Crippen molar-refractivity contribution in [2.75, 3.05) is 37.7 Å². The highest BCUT2D eigenvalue weighted by Crippen LogP contribution is 2.29. The lowest BCUT2D eigenvalue weighted by Gasteiger charge is -2.37. The summed E-state index contributed by atoms with van der Waals surface area (Å²) in [5.74, 6) is -0.777. The molecule has 3 heterocycles. The number of carbonyl (C=O) groups is 2. The van der Waals surface area contributed by atoms with Crippen molar-refractivity contribution in [3.05, 3.63) is 82.4 Å². The van der Waals surface area contributed by atoms with E-state index in [1.807, 2.05) is 53.4 Å². The number of hydrogen-bond acceptors (Lipinski definition) is 6. The first-order valence-corrected chi connectivity index (χ1v) is 11.3. The molecular weight excluding hydrogens is 432 g/mol. The molecule has 2 aromatic carbocycles. The number of pyridine rings is 2. The van der Waals surface area contributed by atoms with Crippen LogP contribution in [-0.2, 0) is 4.74 Å². The Labute approximate surface area is 195 Å². The standard InChI is InChI=1S/C26H24N4O4/c1-2-34-26(33)21-23(19-9-5-6-10-20(19)28-24(21)31)29-13-15-30(16-14-29)25(32)22-18-8-4-3-7-17(18)11-12-27-22/h3-12H,2,13-16H2,1H3,(H,28,31). The maximum absolute atomic E-state index is 13.3. The van der Waals surface area contributed by atoms with E-state index in [0.29, 0.717) is 43.1 Å². The summed E-state index contributed by atoms with van der Waals surface area (Å²) >= 11 is 0. The van der Waals surface area contributed by atoms with Crippen molar-refractivity contribution in [1.82, 2.24) is 14.9 Å². The van der Waals surface area contributed by atoms with Crippen molar-refractivity contribution in [3.8, 4) is 0 Å². The Morgan fingerprint density at radius 3 is 2.44 bits per heavy atom. The molecule has 5 rings (SSSR count). The van der Waals surface area contributed by atoms with E-state index in [2.05, 4.69) is 9.97 Å². The van der Waals surface area contributed by atoms with Crippen LogP contribution in [0.25, 0.3) is 21.7 Å². The average molecular weight is 457 g/mol. The third-order valence-electron chi connectivity index (χ3n) is 6.13. The second kappa shape index (κ2) is 8.97. The number of ether oxygens (including phenoxy) is 1. The van der Waals surface area contributed by atoms with Gasteiger partial charge in [0.05, 0.1) is 17.8 Å². The van der Waals surface area contributed by atoms with E-state index < -0.39 is 11.5 Å². The first-order valence-electron chi connectivity index (χ1n) is 11.3. The van der Waals surface area contributed by atoms with Crippen LogP contribution in [-0.4, -0.2) is 59.5 Å². The molecule has 0 unspecified atom stereocenters. The molecule has 0 saturated carbocycles. The molecule has 172 valence electrons. The molecule has 0 aliphatic carbocycles. The molecule has 1 fully saturated rings. The zero-order chi connectivity index (χ0) is 23.7. The van der Waals surface area contributed by atoms with Gasteiger partial charge in [0.1, 0.15) is 11.3 Å². The largest absolute Gasteiger partial charge is 0.462 e. The Morgan fingerprint density at radius 2 is 1.68 bits per heavy atom. The summed E-state index contributed by atoms with van der Waals surface area (Å²) in [5, 5.41) is 2.55. The lowest BCUT2D eigenvalue weighted by atomic mass is 10.1. The molecule has 0 spiro atoms. The minimum absolute atomic E-state index is 0.00366. The number of aromatic amines is 1. The molecule has 1 aliphatic heterocycles. The Bertz CT molecular complexity index is 1450. The number of benzene rings is 2. The smallest absolute Gasteiger partial charge is 0.345 e. The predicted molar refractivity (Wildman–Crippen MR) is 130 cm³/mol. The Balaban J connectivity index is 1.46. The Morgan fingerprint density at radius 1 is 0.971 bits per heavy atom. The average Bonchev–Trinajstić information content (AvgIpc) is 2.87. The SMILES string of the molecule is CCOC(=O)c1c(N2CCN(C(=O)c3nccc4ccccc34)CC2)c2ccccc2[nH]c1=O. The van der Waals surface area contributed by atoms with Gasteiger partial charge in [-0.1, -0.05) is 42.5 Å². The molecule has 0 bridgehead atoms. The maximum Gasteiger partial charge on any atom is 0.345 e. The molecule has 1 amide bonds. The number of anilines is 1. The van der Waals surface area contributed by atoms with Crippen LogP contribution in [0.2, 0.25) is 0 Å². The minimum Gasteiger partial charge on any atom is -0.462 e. The van der Waals surface area contributed by atoms with Crippen LogP contribution in [0.15, 0.2) is 65.6 Å². The summed E-state index contributed by atoms with van der Waals surface area (Å²) in [4.78, 5) is 49.8. The fraction of sp³-hybridized carbons (Fsp3) is 0.231. The molecule has 34 heavy (non-hydrogen) atoms.